The van der Waals surface area contributed by atoms with Crippen LogP contribution in [-0.2, 0) is 11.2 Å². The highest BCUT2D eigenvalue weighted by molar-refractivity contribution is 7.80. The second-order valence-corrected chi connectivity index (χ2v) is 6.06. The number of benzene rings is 2. The molecule has 2 aromatic rings. The molecule has 0 saturated heterocycles. The van der Waals surface area contributed by atoms with Crippen LogP contribution in [0.15, 0.2) is 48.5 Å². The first-order valence-corrected chi connectivity index (χ1v) is 8.98. The fraction of sp³-hybridized carbons (Fsp3) is 0.300. The third-order valence-corrected chi connectivity index (χ3v) is 3.96. The molecule has 0 aromatic heterocycles. The third-order valence-electron chi connectivity index (χ3n) is 3.76. The number of esters is 1. The zero-order valence-corrected chi connectivity index (χ0v) is 15.5. The molecule has 0 aliphatic heterocycles. The Morgan fingerprint density at radius 1 is 1.04 bits per heavy atom. The number of carbonyl (C=O) groups excluding carboxylic acids is 1. The molecule has 2 aromatic carbocycles. The summed E-state index contributed by atoms with van der Waals surface area (Å²) in [5.74, 6) is -0.294. The minimum absolute atomic E-state index is 0.294. The van der Waals surface area contributed by atoms with Gasteiger partial charge in [0.2, 0.25) is 0 Å². The van der Waals surface area contributed by atoms with Crippen molar-refractivity contribution in [1.82, 2.24) is 0 Å². The van der Waals surface area contributed by atoms with Crippen LogP contribution in [0.4, 0.5) is 11.4 Å². The minimum atomic E-state index is -0.294. The predicted octanol–water partition coefficient (Wildman–Crippen LogP) is 5.01. The number of unbranched alkanes of at least 4 members (excludes halogenated alkanes) is 1. The molecular weight excluding hydrogens is 332 g/mol. The van der Waals surface area contributed by atoms with Gasteiger partial charge in [-0.15, -0.1) is 0 Å². The Kier molecular flexibility index (Phi) is 7.41. The predicted molar refractivity (Wildman–Crippen MR) is 107 cm³/mol. The highest BCUT2D eigenvalue weighted by Crippen LogP contribution is 2.16. The number of para-hydroxylation sites is 1. The number of ether oxygens (including phenoxy) is 1. The van der Waals surface area contributed by atoms with Gasteiger partial charge in [0.15, 0.2) is 5.11 Å². The van der Waals surface area contributed by atoms with Gasteiger partial charge < -0.3 is 15.4 Å². The maximum Gasteiger partial charge on any atom is 0.338 e. The highest BCUT2D eigenvalue weighted by Gasteiger charge is 2.07. The first-order valence-electron chi connectivity index (χ1n) is 8.57. The van der Waals surface area contributed by atoms with Crippen molar-refractivity contribution in [3.05, 3.63) is 59.7 Å². The van der Waals surface area contributed by atoms with E-state index < -0.39 is 0 Å². The number of nitrogens with one attached hydrogen (secondary N) is 2. The van der Waals surface area contributed by atoms with E-state index in [-0.39, 0.29) is 5.97 Å². The zero-order valence-electron chi connectivity index (χ0n) is 14.7. The number of hydrogen-bond acceptors (Lipinski definition) is 3. The largest absolute Gasteiger partial charge is 0.462 e. The van der Waals surface area contributed by atoms with Crippen molar-refractivity contribution in [3.63, 3.8) is 0 Å². The van der Waals surface area contributed by atoms with E-state index >= 15 is 0 Å². The Balaban J connectivity index is 1.92. The summed E-state index contributed by atoms with van der Waals surface area (Å²) in [5, 5.41) is 6.85. The van der Waals surface area contributed by atoms with Crippen LogP contribution in [-0.4, -0.2) is 17.7 Å². The molecule has 0 unspecified atom stereocenters. The van der Waals surface area contributed by atoms with Gasteiger partial charge >= 0.3 is 5.97 Å². The molecule has 0 spiro atoms. The Hall–Kier alpha value is -2.40. The van der Waals surface area contributed by atoms with Gasteiger partial charge in [-0.2, -0.15) is 0 Å². The van der Waals surface area contributed by atoms with Crippen molar-refractivity contribution in [2.24, 2.45) is 0 Å². The molecule has 0 bridgehead atoms. The number of hydrogen-bond donors (Lipinski definition) is 2. The topological polar surface area (TPSA) is 50.4 Å². The lowest BCUT2D eigenvalue weighted by molar-refractivity contribution is 0.0500. The second kappa shape index (κ2) is 9.79. The molecule has 0 amide bonds. The zero-order chi connectivity index (χ0) is 18.1. The van der Waals surface area contributed by atoms with Crippen LogP contribution >= 0.6 is 12.2 Å². The van der Waals surface area contributed by atoms with Gasteiger partial charge in [0.25, 0.3) is 0 Å². The summed E-state index contributed by atoms with van der Waals surface area (Å²) >= 11 is 5.37. The summed E-state index contributed by atoms with van der Waals surface area (Å²) in [6, 6.07) is 15.2. The van der Waals surface area contributed by atoms with Gasteiger partial charge in [-0.3, -0.25) is 0 Å². The summed E-state index contributed by atoms with van der Waals surface area (Å²) in [6.45, 7) is 4.62. The maximum absolute atomic E-state index is 11.9. The smallest absolute Gasteiger partial charge is 0.338 e. The average molecular weight is 356 g/mol. The molecule has 0 radical (unpaired) electrons. The molecule has 2 N–H and O–H groups in total. The summed E-state index contributed by atoms with van der Waals surface area (Å²) in [6.07, 6.45) is 2.81. The Labute approximate surface area is 154 Å². The van der Waals surface area contributed by atoms with E-state index in [2.05, 4.69) is 30.5 Å². The molecular formula is C20H24N2O2S. The molecule has 2 rings (SSSR count). The molecule has 25 heavy (non-hydrogen) atoms. The molecule has 132 valence electrons. The van der Waals surface area contributed by atoms with Crippen molar-refractivity contribution in [2.75, 3.05) is 17.2 Å². The van der Waals surface area contributed by atoms with Crippen molar-refractivity contribution in [2.45, 2.75) is 33.1 Å². The Bertz CT molecular complexity index is 714. The summed E-state index contributed by atoms with van der Waals surface area (Å²) in [4.78, 5) is 11.9. The van der Waals surface area contributed by atoms with Gasteiger partial charge in [0, 0.05) is 11.4 Å². The minimum Gasteiger partial charge on any atom is -0.462 e. The SMILES string of the molecule is CCCCOC(=O)c1ccc(NC(=S)Nc2ccccc2CC)cc1. The van der Waals surface area contributed by atoms with Gasteiger partial charge in [-0.1, -0.05) is 38.5 Å². The molecule has 0 heterocycles. The second-order valence-electron chi connectivity index (χ2n) is 5.66. The maximum atomic E-state index is 11.9. The molecule has 0 saturated carbocycles. The Morgan fingerprint density at radius 3 is 2.44 bits per heavy atom. The van der Waals surface area contributed by atoms with E-state index in [9.17, 15) is 4.79 Å². The van der Waals surface area contributed by atoms with Crippen molar-refractivity contribution < 1.29 is 9.53 Å². The van der Waals surface area contributed by atoms with Crippen molar-refractivity contribution in [3.8, 4) is 0 Å². The van der Waals surface area contributed by atoms with E-state index in [1.54, 1.807) is 12.1 Å². The first-order chi connectivity index (χ1) is 12.1. The number of rotatable bonds is 7. The van der Waals surface area contributed by atoms with E-state index in [1.807, 2.05) is 30.3 Å². The van der Waals surface area contributed by atoms with Crippen LogP contribution in [0.3, 0.4) is 0 Å². The molecule has 0 aliphatic carbocycles. The quantitative estimate of drug-likeness (QED) is 0.415. The monoisotopic (exact) mass is 356 g/mol. The van der Waals surface area contributed by atoms with E-state index in [0.29, 0.717) is 17.3 Å². The highest BCUT2D eigenvalue weighted by atomic mass is 32.1. The van der Waals surface area contributed by atoms with Gasteiger partial charge in [-0.05, 0) is 61.0 Å². The summed E-state index contributed by atoms with van der Waals surface area (Å²) < 4.78 is 5.20. The lowest BCUT2D eigenvalue weighted by Gasteiger charge is -2.13. The molecule has 4 nitrogen and oxygen atoms in total. The normalized spacial score (nSPS) is 10.2. The average Bonchev–Trinajstić information content (AvgIpc) is 2.63. The van der Waals surface area contributed by atoms with Gasteiger partial charge in [0.1, 0.15) is 0 Å². The van der Waals surface area contributed by atoms with Crippen LogP contribution in [0.2, 0.25) is 0 Å². The lowest BCUT2D eigenvalue weighted by atomic mass is 10.1. The first kappa shape index (κ1) is 18.9. The van der Waals surface area contributed by atoms with Crippen LogP contribution in [0.25, 0.3) is 0 Å². The van der Waals surface area contributed by atoms with Gasteiger partial charge in [0.05, 0.1) is 12.2 Å². The van der Waals surface area contributed by atoms with Crippen LogP contribution in [0, 0.1) is 0 Å². The fourth-order valence-electron chi connectivity index (χ4n) is 2.32. The van der Waals surface area contributed by atoms with Crippen LogP contribution < -0.4 is 10.6 Å². The molecule has 0 aliphatic rings. The van der Waals surface area contributed by atoms with E-state index in [4.69, 9.17) is 17.0 Å². The summed E-state index contributed by atoms with van der Waals surface area (Å²) in [7, 11) is 0. The molecule has 5 heteroatoms. The third kappa shape index (κ3) is 5.87. The van der Waals surface area contributed by atoms with Crippen LogP contribution in [0.1, 0.15) is 42.6 Å². The van der Waals surface area contributed by atoms with Crippen molar-refractivity contribution in [1.29, 1.82) is 0 Å². The lowest BCUT2D eigenvalue weighted by Crippen LogP contribution is -2.20. The standard InChI is InChI=1S/C20H24N2O2S/c1-3-5-14-24-19(23)16-10-12-17(13-11-16)21-20(25)22-18-9-7-6-8-15(18)4-2/h6-13H,3-5,14H2,1-2H3,(H2,21,22,25). The Morgan fingerprint density at radius 2 is 1.76 bits per heavy atom. The summed E-state index contributed by atoms with van der Waals surface area (Å²) in [5.41, 5.74) is 3.56. The number of aryl methyl sites for hydroxylation is 1. The number of thiocarbonyl (C=S) groups is 1. The molecule has 0 fully saturated rings. The van der Waals surface area contributed by atoms with Crippen LogP contribution in [0.5, 0.6) is 0 Å². The number of anilines is 2. The van der Waals surface area contributed by atoms with E-state index in [1.165, 1.54) is 5.56 Å². The fourth-order valence-corrected chi connectivity index (χ4v) is 2.55. The van der Waals surface area contributed by atoms with Gasteiger partial charge in [-0.25, -0.2) is 4.79 Å². The molecule has 0 atom stereocenters. The van der Waals surface area contributed by atoms with E-state index in [0.717, 1.165) is 30.6 Å². The number of carbonyl (C=O) groups is 1. The van der Waals surface area contributed by atoms with Crippen molar-refractivity contribution >= 4 is 34.7 Å².